The lowest BCUT2D eigenvalue weighted by atomic mass is 9.64. The van der Waals surface area contributed by atoms with Crippen molar-refractivity contribution in [2.75, 3.05) is 13.2 Å². The number of benzene rings is 1. The van der Waals surface area contributed by atoms with E-state index >= 15 is 0 Å². The number of hydrogen-bond donors (Lipinski definition) is 0. The molecule has 98 valence electrons. The van der Waals surface area contributed by atoms with E-state index in [2.05, 4.69) is 0 Å². The Kier molecular flexibility index (Phi) is 4.02. The lowest BCUT2D eigenvalue weighted by molar-refractivity contribution is -0.162. The van der Waals surface area contributed by atoms with Gasteiger partial charge < -0.3 is 9.47 Å². The molecule has 1 aromatic carbocycles. The molecule has 3 heteroatoms. The van der Waals surface area contributed by atoms with Gasteiger partial charge in [-0.3, -0.25) is 4.79 Å². The van der Waals surface area contributed by atoms with Crippen LogP contribution in [-0.2, 0) is 9.53 Å². The van der Waals surface area contributed by atoms with Crippen LogP contribution in [0.1, 0.15) is 26.7 Å². The zero-order chi connectivity index (χ0) is 13.0. The fourth-order valence-corrected chi connectivity index (χ4v) is 2.21. The van der Waals surface area contributed by atoms with Gasteiger partial charge in [-0.1, -0.05) is 32.0 Å². The molecule has 0 bridgehead atoms. The second kappa shape index (κ2) is 5.53. The average molecular weight is 248 g/mol. The molecule has 1 aromatic rings. The average Bonchev–Trinajstić information content (AvgIpc) is 2.42. The van der Waals surface area contributed by atoms with E-state index in [-0.39, 0.29) is 11.5 Å². The Labute approximate surface area is 108 Å². The van der Waals surface area contributed by atoms with E-state index in [1.54, 1.807) is 0 Å². The van der Waals surface area contributed by atoms with Crippen molar-refractivity contribution < 1.29 is 14.3 Å². The molecule has 0 N–H and O–H groups in total. The zero-order valence-corrected chi connectivity index (χ0v) is 11.0. The van der Waals surface area contributed by atoms with Gasteiger partial charge in [-0.15, -0.1) is 0 Å². The van der Waals surface area contributed by atoms with Gasteiger partial charge in [0.05, 0.1) is 18.1 Å². The Balaban J connectivity index is 1.69. The highest BCUT2D eigenvalue weighted by molar-refractivity contribution is 5.91. The lowest BCUT2D eigenvalue weighted by Gasteiger charge is -2.44. The van der Waals surface area contributed by atoms with Gasteiger partial charge in [0, 0.05) is 6.42 Å². The molecule has 0 amide bonds. The number of para-hydroxylation sites is 1. The molecule has 0 spiro atoms. The minimum absolute atomic E-state index is 0.0642. The van der Waals surface area contributed by atoms with Crippen LogP contribution in [-0.4, -0.2) is 25.1 Å². The van der Waals surface area contributed by atoms with E-state index in [0.717, 1.165) is 12.2 Å². The van der Waals surface area contributed by atoms with E-state index in [4.69, 9.17) is 9.47 Å². The van der Waals surface area contributed by atoms with Crippen molar-refractivity contribution in [3.8, 4) is 5.75 Å². The van der Waals surface area contributed by atoms with Gasteiger partial charge >= 0.3 is 0 Å². The molecule has 0 saturated heterocycles. The fourth-order valence-electron chi connectivity index (χ4n) is 2.21. The topological polar surface area (TPSA) is 35.5 Å². The summed E-state index contributed by atoms with van der Waals surface area (Å²) in [4.78, 5) is 11.5. The zero-order valence-electron chi connectivity index (χ0n) is 11.0. The van der Waals surface area contributed by atoms with Crippen LogP contribution in [0.4, 0.5) is 0 Å². The van der Waals surface area contributed by atoms with Crippen LogP contribution >= 0.6 is 0 Å². The van der Waals surface area contributed by atoms with E-state index in [1.165, 1.54) is 0 Å². The summed E-state index contributed by atoms with van der Waals surface area (Å²) >= 11 is 0. The summed E-state index contributed by atoms with van der Waals surface area (Å²) in [5.74, 6) is 1.17. The molecule has 2 unspecified atom stereocenters. The summed E-state index contributed by atoms with van der Waals surface area (Å²) in [6, 6.07) is 9.67. The first-order valence-electron chi connectivity index (χ1n) is 6.49. The first kappa shape index (κ1) is 13.1. The van der Waals surface area contributed by atoms with Gasteiger partial charge in [0.2, 0.25) is 0 Å². The molecule has 2 atom stereocenters. The van der Waals surface area contributed by atoms with Crippen LogP contribution in [0, 0.1) is 5.41 Å². The van der Waals surface area contributed by atoms with Gasteiger partial charge in [-0.25, -0.2) is 0 Å². The monoisotopic (exact) mass is 248 g/mol. The standard InChI is InChI=1S/C15H20O3/c1-3-15(2)13(16)11-14(15)18-10-9-17-12-7-5-4-6-8-12/h4-8,14H,3,9-11H2,1-2H3. The largest absolute Gasteiger partial charge is 0.491 e. The summed E-state index contributed by atoms with van der Waals surface area (Å²) in [7, 11) is 0. The molecule has 0 aliphatic heterocycles. The SMILES string of the molecule is CCC1(C)C(=O)CC1OCCOc1ccccc1. The highest BCUT2D eigenvalue weighted by Gasteiger charge is 2.50. The molecular formula is C15H20O3. The molecule has 3 nitrogen and oxygen atoms in total. The number of Topliss-reactive ketones (excluding diaryl/α,β-unsaturated/α-hetero) is 1. The third kappa shape index (κ3) is 2.56. The van der Waals surface area contributed by atoms with Crippen molar-refractivity contribution in [2.45, 2.75) is 32.8 Å². The number of ether oxygens (including phenoxy) is 2. The molecule has 2 rings (SSSR count). The molecule has 1 aliphatic rings. The summed E-state index contributed by atoms with van der Waals surface area (Å²) in [5.41, 5.74) is -0.271. The van der Waals surface area contributed by atoms with Gasteiger partial charge in [-0.2, -0.15) is 0 Å². The first-order chi connectivity index (χ1) is 8.66. The molecule has 0 aromatic heterocycles. The van der Waals surface area contributed by atoms with Crippen molar-refractivity contribution in [2.24, 2.45) is 5.41 Å². The normalized spacial score (nSPS) is 26.8. The number of ketones is 1. The maximum absolute atomic E-state index is 11.5. The molecule has 1 saturated carbocycles. The highest BCUT2D eigenvalue weighted by Crippen LogP contribution is 2.42. The summed E-state index contributed by atoms with van der Waals surface area (Å²) in [5, 5.41) is 0. The maximum Gasteiger partial charge on any atom is 0.143 e. The van der Waals surface area contributed by atoms with E-state index in [1.807, 2.05) is 44.2 Å². The Morgan fingerprint density at radius 3 is 2.61 bits per heavy atom. The van der Waals surface area contributed by atoms with Gasteiger partial charge in [0.1, 0.15) is 18.1 Å². The molecular weight excluding hydrogens is 228 g/mol. The summed E-state index contributed by atoms with van der Waals surface area (Å²) < 4.78 is 11.3. The second-order valence-corrected chi connectivity index (χ2v) is 4.92. The van der Waals surface area contributed by atoms with Gasteiger partial charge in [0.25, 0.3) is 0 Å². The number of carbonyl (C=O) groups is 1. The number of rotatable bonds is 6. The van der Waals surface area contributed by atoms with Gasteiger partial charge in [-0.05, 0) is 18.6 Å². The molecule has 0 radical (unpaired) electrons. The minimum atomic E-state index is -0.271. The quantitative estimate of drug-likeness (QED) is 0.726. The molecule has 1 fully saturated rings. The van der Waals surface area contributed by atoms with Crippen LogP contribution < -0.4 is 4.74 Å². The molecule has 0 heterocycles. The third-order valence-electron chi connectivity index (χ3n) is 3.87. The molecule has 1 aliphatic carbocycles. The summed E-state index contributed by atoms with van der Waals surface area (Å²) in [6.07, 6.45) is 1.46. The predicted molar refractivity (Wildman–Crippen MR) is 69.7 cm³/mol. The smallest absolute Gasteiger partial charge is 0.143 e. The third-order valence-corrected chi connectivity index (χ3v) is 3.87. The fraction of sp³-hybridized carbons (Fsp3) is 0.533. The van der Waals surface area contributed by atoms with E-state index < -0.39 is 0 Å². The predicted octanol–water partition coefficient (Wildman–Crippen LogP) is 2.84. The van der Waals surface area contributed by atoms with Crippen LogP contribution in [0.3, 0.4) is 0 Å². The van der Waals surface area contributed by atoms with Crippen LogP contribution in [0.25, 0.3) is 0 Å². The lowest BCUT2D eigenvalue weighted by Crippen LogP contribution is -2.53. The van der Waals surface area contributed by atoms with Gasteiger partial charge in [0.15, 0.2) is 0 Å². The van der Waals surface area contributed by atoms with Crippen molar-refractivity contribution in [3.63, 3.8) is 0 Å². The number of hydrogen-bond acceptors (Lipinski definition) is 3. The van der Waals surface area contributed by atoms with Crippen molar-refractivity contribution >= 4 is 5.78 Å². The Morgan fingerprint density at radius 2 is 2.00 bits per heavy atom. The maximum atomic E-state index is 11.5. The highest BCUT2D eigenvalue weighted by atomic mass is 16.5. The van der Waals surface area contributed by atoms with E-state index in [0.29, 0.717) is 25.4 Å². The molecule has 18 heavy (non-hydrogen) atoms. The second-order valence-electron chi connectivity index (χ2n) is 4.92. The Bertz CT molecular complexity index is 401. The minimum Gasteiger partial charge on any atom is -0.491 e. The van der Waals surface area contributed by atoms with Crippen LogP contribution in [0.2, 0.25) is 0 Å². The van der Waals surface area contributed by atoms with Crippen LogP contribution in [0.15, 0.2) is 30.3 Å². The van der Waals surface area contributed by atoms with Crippen molar-refractivity contribution in [1.82, 2.24) is 0 Å². The Hall–Kier alpha value is -1.35. The van der Waals surface area contributed by atoms with Crippen molar-refractivity contribution in [3.05, 3.63) is 30.3 Å². The first-order valence-corrected chi connectivity index (χ1v) is 6.49. The number of carbonyl (C=O) groups excluding carboxylic acids is 1. The summed E-state index contributed by atoms with van der Waals surface area (Å²) in [6.45, 7) is 5.08. The van der Waals surface area contributed by atoms with Crippen LogP contribution in [0.5, 0.6) is 5.75 Å². The van der Waals surface area contributed by atoms with Crippen molar-refractivity contribution in [1.29, 1.82) is 0 Å². The Morgan fingerprint density at radius 1 is 1.28 bits per heavy atom. The van der Waals surface area contributed by atoms with E-state index in [9.17, 15) is 4.79 Å².